The van der Waals surface area contributed by atoms with E-state index in [0.29, 0.717) is 11.6 Å². The van der Waals surface area contributed by atoms with E-state index in [4.69, 9.17) is 26.8 Å². The van der Waals surface area contributed by atoms with Gasteiger partial charge in [0, 0.05) is 5.02 Å². The van der Waals surface area contributed by atoms with Gasteiger partial charge in [0.1, 0.15) is 18.1 Å². The summed E-state index contributed by atoms with van der Waals surface area (Å²) in [6, 6.07) is 14.9. The van der Waals surface area contributed by atoms with E-state index in [1.54, 1.807) is 6.07 Å². The molecule has 0 heterocycles. The maximum atomic E-state index is 6.13. The molecule has 2 N–H and O–H groups in total. The van der Waals surface area contributed by atoms with Crippen molar-refractivity contribution in [2.24, 2.45) is 5.73 Å². The fraction of sp³-hybridized carbons (Fsp3) is 0.294. The number of rotatable bonds is 7. The van der Waals surface area contributed by atoms with E-state index < -0.39 is 0 Å². The van der Waals surface area contributed by atoms with E-state index >= 15 is 0 Å². The lowest BCUT2D eigenvalue weighted by Gasteiger charge is -2.14. The maximum absolute atomic E-state index is 6.13. The molecule has 1 unspecified atom stereocenters. The number of halogens is 1. The second kappa shape index (κ2) is 7.91. The van der Waals surface area contributed by atoms with Gasteiger partial charge in [0.25, 0.3) is 0 Å². The van der Waals surface area contributed by atoms with Gasteiger partial charge in [-0.1, -0.05) is 36.7 Å². The molecule has 0 saturated carbocycles. The highest BCUT2D eigenvalue weighted by molar-refractivity contribution is 6.30. The van der Waals surface area contributed by atoms with Crippen LogP contribution in [0.4, 0.5) is 0 Å². The first-order valence-corrected chi connectivity index (χ1v) is 7.43. The smallest absolute Gasteiger partial charge is 0.120 e. The van der Waals surface area contributed by atoms with Gasteiger partial charge in [-0.25, -0.2) is 0 Å². The van der Waals surface area contributed by atoms with Crippen molar-refractivity contribution in [1.82, 2.24) is 0 Å². The van der Waals surface area contributed by atoms with Crippen LogP contribution in [-0.4, -0.2) is 13.2 Å². The van der Waals surface area contributed by atoms with Crippen LogP contribution in [0.5, 0.6) is 11.5 Å². The second-order valence-electron chi connectivity index (χ2n) is 4.79. The predicted molar refractivity (Wildman–Crippen MR) is 86.1 cm³/mol. The molecule has 0 aromatic heterocycles. The summed E-state index contributed by atoms with van der Waals surface area (Å²) in [6.45, 7) is 3.20. The normalized spacial score (nSPS) is 12.0. The van der Waals surface area contributed by atoms with Gasteiger partial charge in [-0.15, -0.1) is 0 Å². The van der Waals surface area contributed by atoms with E-state index in [-0.39, 0.29) is 6.04 Å². The number of hydrogen-bond acceptors (Lipinski definition) is 3. The Hall–Kier alpha value is -1.71. The summed E-state index contributed by atoms with van der Waals surface area (Å²) in [6.07, 6.45) is 0.995. The summed E-state index contributed by atoms with van der Waals surface area (Å²) in [5.41, 5.74) is 7.15. The molecule has 2 aromatic rings. The Morgan fingerprint density at radius 3 is 2.48 bits per heavy atom. The van der Waals surface area contributed by atoms with Crippen molar-refractivity contribution >= 4 is 11.6 Å². The van der Waals surface area contributed by atoms with Gasteiger partial charge < -0.3 is 15.2 Å². The molecule has 2 aromatic carbocycles. The Morgan fingerprint density at radius 2 is 1.81 bits per heavy atom. The number of nitrogens with two attached hydrogens (primary N) is 1. The number of ether oxygens (including phenoxy) is 2. The Labute approximate surface area is 130 Å². The molecule has 0 bridgehead atoms. The van der Waals surface area contributed by atoms with E-state index in [1.807, 2.05) is 42.5 Å². The number of hydrogen-bond donors (Lipinski definition) is 1. The summed E-state index contributed by atoms with van der Waals surface area (Å²) in [7, 11) is 0. The fourth-order valence-electron chi connectivity index (χ4n) is 1.87. The molecule has 0 amide bonds. The quantitative estimate of drug-likeness (QED) is 0.833. The maximum Gasteiger partial charge on any atom is 0.120 e. The van der Waals surface area contributed by atoms with Crippen LogP contribution in [0, 0.1) is 0 Å². The summed E-state index contributed by atoms with van der Waals surface area (Å²) in [4.78, 5) is 0. The van der Waals surface area contributed by atoms with Crippen molar-refractivity contribution in [3.8, 4) is 11.5 Å². The van der Waals surface area contributed by atoms with Crippen LogP contribution in [0.25, 0.3) is 0 Å². The van der Waals surface area contributed by atoms with E-state index in [2.05, 4.69) is 6.92 Å². The Morgan fingerprint density at radius 1 is 1.05 bits per heavy atom. The van der Waals surface area contributed by atoms with Crippen molar-refractivity contribution in [3.63, 3.8) is 0 Å². The van der Waals surface area contributed by atoms with Crippen molar-refractivity contribution in [3.05, 3.63) is 59.1 Å². The molecule has 3 nitrogen and oxygen atoms in total. The molecule has 0 spiro atoms. The zero-order valence-corrected chi connectivity index (χ0v) is 12.8. The SMILES string of the molecule is CCCOc1ccc(C(N)COc2cccc(Cl)c2)cc1. The third-order valence-corrected chi connectivity index (χ3v) is 3.24. The van der Waals surface area contributed by atoms with Crippen molar-refractivity contribution in [2.75, 3.05) is 13.2 Å². The molecule has 0 fully saturated rings. The van der Waals surface area contributed by atoms with Crippen LogP contribution in [0.2, 0.25) is 5.02 Å². The molecule has 1 atom stereocenters. The summed E-state index contributed by atoms with van der Waals surface area (Å²) in [5.74, 6) is 1.59. The molecule has 0 saturated heterocycles. The lowest BCUT2D eigenvalue weighted by molar-refractivity contribution is 0.290. The Bertz CT molecular complexity index is 557. The third-order valence-electron chi connectivity index (χ3n) is 3.01. The molecular weight excluding hydrogens is 286 g/mol. The molecule has 0 radical (unpaired) electrons. The lowest BCUT2D eigenvalue weighted by atomic mass is 10.1. The summed E-state index contributed by atoms with van der Waals surface area (Å²) in [5, 5.41) is 0.651. The van der Waals surface area contributed by atoms with Crippen LogP contribution < -0.4 is 15.2 Å². The minimum Gasteiger partial charge on any atom is -0.494 e. The molecule has 4 heteroatoms. The van der Waals surface area contributed by atoms with Crippen LogP contribution in [0.3, 0.4) is 0 Å². The van der Waals surface area contributed by atoms with E-state index in [0.717, 1.165) is 30.1 Å². The van der Waals surface area contributed by atoms with Gasteiger partial charge in [0.15, 0.2) is 0 Å². The topological polar surface area (TPSA) is 44.5 Å². The van der Waals surface area contributed by atoms with Crippen LogP contribution in [-0.2, 0) is 0 Å². The molecule has 0 aliphatic heterocycles. The predicted octanol–water partition coefficient (Wildman–Crippen LogP) is 4.21. The first-order chi connectivity index (χ1) is 10.2. The highest BCUT2D eigenvalue weighted by Gasteiger charge is 2.07. The highest BCUT2D eigenvalue weighted by Crippen LogP contribution is 2.20. The summed E-state index contributed by atoms with van der Waals surface area (Å²) < 4.78 is 11.2. The first-order valence-electron chi connectivity index (χ1n) is 7.05. The van der Waals surface area contributed by atoms with Crippen molar-refractivity contribution < 1.29 is 9.47 Å². The standard InChI is InChI=1S/C17H20ClNO2/c1-2-10-20-15-8-6-13(7-9-15)17(19)12-21-16-5-3-4-14(18)11-16/h3-9,11,17H,2,10,12,19H2,1H3. The van der Waals surface area contributed by atoms with Gasteiger partial charge in [0.2, 0.25) is 0 Å². The van der Waals surface area contributed by atoms with E-state index in [9.17, 15) is 0 Å². The molecule has 0 aliphatic rings. The highest BCUT2D eigenvalue weighted by atomic mass is 35.5. The molecular formula is C17H20ClNO2. The minimum absolute atomic E-state index is 0.191. The van der Waals surface area contributed by atoms with Gasteiger partial charge in [-0.2, -0.15) is 0 Å². The molecule has 0 aliphatic carbocycles. The number of benzene rings is 2. The zero-order valence-electron chi connectivity index (χ0n) is 12.1. The van der Waals surface area contributed by atoms with Crippen molar-refractivity contribution in [1.29, 1.82) is 0 Å². The average molecular weight is 306 g/mol. The fourth-order valence-corrected chi connectivity index (χ4v) is 2.05. The molecule has 2 rings (SSSR count). The lowest BCUT2D eigenvalue weighted by Crippen LogP contribution is -2.18. The van der Waals surface area contributed by atoms with E-state index in [1.165, 1.54) is 0 Å². The largest absolute Gasteiger partial charge is 0.494 e. The van der Waals surface area contributed by atoms with Gasteiger partial charge >= 0.3 is 0 Å². The van der Waals surface area contributed by atoms with Crippen LogP contribution in [0.1, 0.15) is 24.9 Å². The monoisotopic (exact) mass is 305 g/mol. The Kier molecular flexibility index (Phi) is 5.90. The van der Waals surface area contributed by atoms with Gasteiger partial charge in [-0.3, -0.25) is 0 Å². The third kappa shape index (κ3) is 4.96. The van der Waals surface area contributed by atoms with Crippen LogP contribution >= 0.6 is 11.6 Å². The zero-order chi connectivity index (χ0) is 15.1. The van der Waals surface area contributed by atoms with Gasteiger partial charge in [-0.05, 0) is 42.3 Å². The minimum atomic E-state index is -0.191. The second-order valence-corrected chi connectivity index (χ2v) is 5.23. The van der Waals surface area contributed by atoms with Crippen LogP contribution in [0.15, 0.2) is 48.5 Å². The van der Waals surface area contributed by atoms with Gasteiger partial charge in [0.05, 0.1) is 12.6 Å². The average Bonchev–Trinajstić information content (AvgIpc) is 2.51. The Balaban J connectivity index is 1.89. The van der Waals surface area contributed by atoms with Crippen molar-refractivity contribution in [2.45, 2.75) is 19.4 Å². The first kappa shape index (κ1) is 15.7. The molecule has 21 heavy (non-hydrogen) atoms. The molecule has 112 valence electrons. The summed E-state index contributed by atoms with van der Waals surface area (Å²) >= 11 is 5.91.